The number of carbonyl (C=O) groups excluding carboxylic acids is 1. The Hall–Kier alpha value is -1.80. The van der Waals surface area contributed by atoms with Crippen LogP contribution >= 0.6 is 0 Å². The highest BCUT2D eigenvalue weighted by Gasteiger charge is 2.38. The minimum Gasteiger partial charge on any atom is -0.481 e. The maximum absolute atomic E-state index is 11.2. The lowest BCUT2D eigenvalue weighted by molar-refractivity contribution is -0.169. The summed E-state index contributed by atoms with van der Waals surface area (Å²) in [6.07, 6.45) is -5.00. The van der Waals surface area contributed by atoms with E-state index in [1.165, 1.54) is 0 Å². The lowest BCUT2D eigenvalue weighted by Crippen LogP contribution is -2.29. The smallest absolute Gasteiger partial charge is 0.473 e. The van der Waals surface area contributed by atoms with E-state index in [4.69, 9.17) is 9.90 Å². The van der Waals surface area contributed by atoms with E-state index in [0.29, 0.717) is 0 Å². The molecular formula is C5H8F3N3O3. The van der Waals surface area contributed by atoms with Crippen LogP contribution in [0.3, 0.4) is 0 Å². The lowest BCUT2D eigenvalue weighted by Gasteiger charge is -1.98. The molecule has 0 spiro atoms. The van der Waals surface area contributed by atoms with Crippen LogP contribution < -0.4 is 11.5 Å². The van der Waals surface area contributed by atoms with Crippen LogP contribution in [-0.4, -0.2) is 29.1 Å². The fourth-order valence-corrected chi connectivity index (χ4v) is 0.181. The highest BCUT2D eigenvalue weighted by molar-refractivity contribution is 5.94. The lowest BCUT2D eigenvalue weighted by atomic mass is 10.6. The fraction of sp³-hybridized carbons (Fsp3) is 0.400. The van der Waals surface area contributed by atoms with Crippen molar-refractivity contribution in [1.82, 2.24) is 0 Å². The third-order valence-electron chi connectivity index (χ3n) is 0.473. The maximum Gasteiger partial charge on any atom is 0.473 e. The van der Waals surface area contributed by atoms with Gasteiger partial charge in [0.25, 0.3) is 5.97 Å². The van der Waals surface area contributed by atoms with E-state index < -0.39 is 24.0 Å². The topological polar surface area (TPSA) is 119 Å². The molecule has 0 unspecified atom stereocenters. The molecule has 5 N–H and O–H groups in total. The van der Waals surface area contributed by atoms with E-state index in [1.54, 1.807) is 0 Å². The summed E-state index contributed by atoms with van der Waals surface area (Å²) in [6, 6.07) is 0. The van der Waals surface area contributed by atoms with Gasteiger partial charge in [-0.3, -0.25) is 9.59 Å². The zero-order valence-corrected chi connectivity index (χ0v) is 7.00. The van der Waals surface area contributed by atoms with Crippen LogP contribution in [0, 0.1) is 0 Å². The van der Waals surface area contributed by atoms with E-state index in [9.17, 15) is 18.0 Å². The van der Waals surface area contributed by atoms with Gasteiger partial charge in [-0.05, 0) is 0 Å². The Labute approximate surface area is 76.4 Å². The van der Waals surface area contributed by atoms with Crippen molar-refractivity contribution in [3.05, 3.63) is 0 Å². The summed E-state index contributed by atoms with van der Waals surface area (Å²) < 4.78 is 33.7. The minimum atomic E-state index is -5.00. The molecule has 0 saturated carbocycles. The molecule has 0 rings (SSSR count). The SMILES string of the molecule is CC(=O)O.NC(N)=NC(=O)C(F)(F)F. The van der Waals surface area contributed by atoms with Gasteiger partial charge in [0.2, 0.25) is 0 Å². The third kappa shape index (κ3) is 12.8. The van der Waals surface area contributed by atoms with Crippen LogP contribution in [0.4, 0.5) is 13.2 Å². The molecule has 0 heterocycles. The molecule has 0 atom stereocenters. The second-order valence-electron chi connectivity index (χ2n) is 1.86. The van der Waals surface area contributed by atoms with Gasteiger partial charge in [-0.15, -0.1) is 0 Å². The summed E-state index contributed by atoms with van der Waals surface area (Å²) in [5.74, 6) is -4.03. The molecule has 6 nitrogen and oxygen atoms in total. The first-order chi connectivity index (χ1) is 6.07. The van der Waals surface area contributed by atoms with Gasteiger partial charge in [-0.25, -0.2) is 0 Å². The predicted molar refractivity (Wildman–Crippen MR) is 40.2 cm³/mol. The van der Waals surface area contributed by atoms with Crippen LogP contribution in [0.1, 0.15) is 6.92 Å². The second kappa shape index (κ2) is 5.78. The number of nitrogens with zero attached hydrogens (tertiary/aromatic N) is 1. The molecule has 82 valence electrons. The van der Waals surface area contributed by atoms with E-state index in [2.05, 4.69) is 16.5 Å². The number of guanidine groups is 1. The van der Waals surface area contributed by atoms with E-state index in [-0.39, 0.29) is 0 Å². The van der Waals surface area contributed by atoms with Gasteiger partial charge in [0, 0.05) is 6.92 Å². The van der Waals surface area contributed by atoms with Gasteiger partial charge in [-0.2, -0.15) is 18.2 Å². The first-order valence-electron chi connectivity index (χ1n) is 2.97. The number of amides is 1. The van der Waals surface area contributed by atoms with Gasteiger partial charge < -0.3 is 16.6 Å². The van der Waals surface area contributed by atoms with Gasteiger partial charge in [-0.1, -0.05) is 0 Å². The Balaban J connectivity index is 0. The Kier molecular flexibility index (Phi) is 6.07. The summed E-state index contributed by atoms with van der Waals surface area (Å²) in [7, 11) is 0. The quantitative estimate of drug-likeness (QED) is 0.369. The monoisotopic (exact) mass is 215 g/mol. The number of aliphatic imine (C=N–C) groups is 1. The van der Waals surface area contributed by atoms with Crippen molar-refractivity contribution in [1.29, 1.82) is 0 Å². The van der Waals surface area contributed by atoms with Gasteiger partial charge in [0.15, 0.2) is 5.96 Å². The molecule has 0 bridgehead atoms. The average Bonchev–Trinajstić information content (AvgIpc) is 1.81. The summed E-state index contributed by atoms with van der Waals surface area (Å²) >= 11 is 0. The first-order valence-corrected chi connectivity index (χ1v) is 2.97. The number of nitrogens with two attached hydrogens (primary N) is 2. The highest BCUT2D eigenvalue weighted by atomic mass is 19.4. The summed E-state index contributed by atoms with van der Waals surface area (Å²) in [6.45, 7) is 1.08. The molecule has 0 fully saturated rings. The molecule has 0 radical (unpaired) electrons. The van der Waals surface area contributed by atoms with Crippen molar-refractivity contribution < 1.29 is 27.9 Å². The molecule has 1 amide bonds. The Morgan fingerprint density at radius 1 is 1.29 bits per heavy atom. The molecule has 0 aromatic carbocycles. The van der Waals surface area contributed by atoms with Crippen molar-refractivity contribution >= 4 is 17.8 Å². The number of aliphatic carboxylic acids is 1. The van der Waals surface area contributed by atoms with Crippen molar-refractivity contribution in [3.8, 4) is 0 Å². The zero-order chi connectivity index (χ0) is 11.9. The van der Waals surface area contributed by atoms with Gasteiger partial charge in [0.1, 0.15) is 0 Å². The maximum atomic E-state index is 11.2. The van der Waals surface area contributed by atoms with Crippen LogP contribution in [0.15, 0.2) is 4.99 Å². The number of alkyl halides is 3. The summed E-state index contributed by atoms with van der Waals surface area (Å²) in [5.41, 5.74) is 8.99. The number of rotatable bonds is 0. The van der Waals surface area contributed by atoms with Crippen LogP contribution in [0.2, 0.25) is 0 Å². The summed E-state index contributed by atoms with van der Waals surface area (Å²) in [4.78, 5) is 21.1. The second-order valence-corrected chi connectivity index (χ2v) is 1.86. The number of hydrogen-bond donors (Lipinski definition) is 3. The Bertz CT molecular complexity index is 240. The fourth-order valence-electron chi connectivity index (χ4n) is 0.181. The number of carbonyl (C=O) groups is 2. The molecule has 0 saturated heterocycles. The van der Waals surface area contributed by atoms with Crippen LogP contribution in [0.25, 0.3) is 0 Å². The normalized spacial score (nSPS) is 9.43. The van der Waals surface area contributed by atoms with Crippen molar-refractivity contribution in [2.45, 2.75) is 13.1 Å². The standard InChI is InChI=1S/C3H4F3N3O.C2H4O2/c4-3(5,6)1(10)9-2(7)8;1-2(3)4/h(H4,7,8,9,10);1H3,(H,3,4). The number of halogens is 3. The number of hydrogen-bond acceptors (Lipinski definition) is 2. The third-order valence-corrected chi connectivity index (χ3v) is 0.473. The molecular weight excluding hydrogens is 207 g/mol. The average molecular weight is 215 g/mol. The first kappa shape index (κ1) is 14.7. The van der Waals surface area contributed by atoms with Crippen molar-refractivity contribution in [2.24, 2.45) is 16.5 Å². The van der Waals surface area contributed by atoms with Crippen LogP contribution in [0.5, 0.6) is 0 Å². The predicted octanol–water partition coefficient (Wildman–Crippen LogP) is -0.560. The van der Waals surface area contributed by atoms with E-state index in [0.717, 1.165) is 6.92 Å². The molecule has 0 aliphatic rings. The number of carboxylic acid groups (broad SMARTS) is 1. The van der Waals surface area contributed by atoms with Crippen LogP contribution in [-0.2, 0) is 9.59 Å². The zero-order valence-electron chi connectivity index (χ0n) is 7.00. The summed E-state index contributed by atoms with van der Waals surface area (Å²) in [5, 5.41) is 7.42. The van der Waals surface area contributed by atoms with Gasteiger partial charge in [0.05, 0.1) is 0 Å². The highest BCUT2D eigenvalue weighted by Crippen LogP contribution is 2.15. The molecule has 0 aromatic rings. The molecule has 0 aliphatic heterocycles. The molecule has 0 aromatic heterocycles. The van der Waals surface area contributed by atoms with Gasteiger partial charge >= 0.3 is 12.1 Å². The van der Waals surface area contributed by atoms with E-state index in [1.807, 2.05) is 0 Å². The molecule has 9 heteroatoms. The molecule has 14 heavy (non-hydrogen) atoms. The Morgan fingerprint density at radius 3 is 1.64 bits per heavy atom. The Morgan fingerprint density at radius 2 is 1.57 bits per heavy atom. The van der Waals surface area contributed by atoms with Crippen molar-refractivity contribution in [3.63, 3.8) is 0 Å². The number of carboxylic acids is 1. The largest absolute Gasteiger partial charge is 0.481 e. The van der Waals surface area contributed by atoms with E-state index >= 15 is 0 Å². The molecule has 0 aliphatic carbocycles. The van der Waals surface area contributed by atoms with Crippen molar-refractivity contribution in [2.75, 3.05) is 0 Å². The minimum absolute atomic E-state index is 0.833.